The summed E-state index contributed by atoms with van der Waals surface area (Å²) >= 11 is 0. The number of rotatable bonds is 6. The molecule has 0 spiro atoms. The Labute approximate surface area is 114 Å². The van der Waals surface area contributed by atoms with E-state index in [1.165, 1.54) is 11.1 Å². The van der Waals surface area contributed by atoms with Gasteiger partial charge in [-0.2, -0.15) is 0 Å². The van der Waals surface area contributed by atoms with Crippen molar-refractivity contribution in [3.8, 4) is 0 Å². The molecule has 1 unspecified atom stereocenters. The van der Waals surface area contributed by atoms with E-state index < -0.39 is 0 Å². The summed E-state index contributed by atoms with van der Waals surface area (Å²) in [4.78, 5) is 4.14. The van der Waals surface area contributed by atoms with E-state index in [9.17, 15) is 0 Å². The minimum atomic E-state index is 0.224. The third-order valence-electron chi connectivity index (χ3n) is 3.12. The van der Waals surface area contributed by atoms with Gasteiger partial charge in [-0.05, 0) is 49.1 Å². The summed E-state index contributed by atoms with van der Waals surface area (Å²) in [6, 6.07) is 12.6. The van der Waals surface area contributed by atoms with Crippen molar-refractivity contribution in [1.82, 2.24) is 4.98 Å². The summed E-state index contributed by atoms with van der Waals surface area (Å²) in [6.07, 6.45) is 5.38. The smallest absolute Gasteiger partial charge is 0.0500 e. The molecule has 0 saturated heterocycles. The molecular weight excluding hydrogens is 236 g/mol. The van der Waals surface area contributed by atoms with Crippen LogP contribution >= 0.6 is 0 Å². The highest BCUT2D eigenvalue weighted by atomic mass is 16.2. The second-order valence-corrected chi connectivity index (χ2v) is 4.68. The molecule has 1 aromatic heterocycles. The van der Waals surface area contributed by atoms with E-state index in [0.717, 1.165) is 18.5 Å². The lowest BCUT2D eigenvalue weighted by Gasteiger charge is -2.16. The Kier molecular flexibility index (Phi) is 4.93. The topological polar surface area (TPSA) is 45.1 Å². The molecule has 3 heteroatoms. The summed E-state index contributed by atoms with van der Waals surface area (Å²) in [5.74, 6) is 0. The van der Waals surface area contributed by atoms with Crippen LogP contribution < -0.4 is 5.32 Å². The summed E-state index contributed by atoms with van der Waals surface area (Å²) in [7, 11) is 0. The fourth-order valence-electron chi connectivity index (χ4n) is 2.07. The van der Waals surface area contributed by atoms with Gasteiger partial charge in [0, 0.05) is 24.7 Å². The normalized spacial score (nSPS) is 12.1. The Morgan fingerprint density at radius 1 is 1.26 bits per heavy atom. The Hall–Kier alpha value is -1.87. The lowest BCUT2D eigenvalue weighted by Crippen LogP contribution is -2.07. The van der Waals surface area contributed by atoms with Gasteiger partial charge in [0.2, 0.25) is 0 Å². The number of hydrogen-bond donors (Lipinski definition) is 2. The van der Waals surface area contributed by atoms with E-state index in [1.807, 2.05) is 18.3 Å². The second kappa shape index (κ2) is 6.90. The molecule has 2 rings (SSSR count). The summed E-state index contributed by atoms with van der Waals surface area (Å²) in [6.45, 7) is 2.36. The van der Waals surface area contributed by atoms with E-state index in [1.54, 1.807) is 6.20 Å². The van der Waals surface area contributed by atoms with Gasteiger partial charge in [-0.25, -0.2) is 0 Å². The molecule has 0 aliphatic heterocycles. The van der Waals surface area contributed by atoms with Crippen molar-refractivity contribution < 1.29 is 5.11 Å². The fourth-order valence-corrected chi connectivity index (χ4v) is 2.07. The molecule has 1 heterocycles. The maximum absolute atomic E-state index is 8.87. The first-order valence-corrected chi connectivity index (χ1v) is 6.66. The van der Waals surface area contributed by atoms with Crippen LogP contribution in [0.15, 0.2) is 48.8 Å². The SMILES string of the molecule is CC(Nc1cccc(CCCO)c1)c1cccnc1. The number of aryl methyl sites for hydroxylation is 1. The first-order valence-electron chi connectivity index (χ1n) is 6.66. The van der Waals surface area contributed by atoms with Crippen molar-refractivity contribution in [1.29, 1.82) is 0 Å². The highest BCUT2D eigenvalue weighted by Crippen LogP contribution is 2.19. The van der Waals surface area contributed by atoms with Crippen LogP contribution in [-0.4, -0.2) is 16.7 Å². The fraction of sp³-hybridized carbons (Fsp3) is 0.312. The van der Waals surface area contributed by atoms with Crippen LogP contribution in [0.25, 0.3) is 0 Å². The first kappa shape index (κ1) is 13.6. The molecule has 3 nitrogen and oxygen atoms in total. The number of nitrogens with zero attached hydrogens (tertiary/aromatic N) is 1. The van der Waals surface area contributed by atoms with Crippen molar-refractivity contribution >= 4 is 5.69 Å². The monoisotopic (exact) mass is 256 g/mol. The van der Waals surface area contributed by atoms with E-state index in [-0.39, 0.29) is 12.6 Å². The molecular formula is C16H20N2O. The average Bonchev–Trinajstić information content (AvgIpc) is 2.46. The molecule has 0 amide bonds. The number of anilines is 1. The first-order chi connectivity index (χ1) is 9.29. The van der Waals surface area contributed by atoms with Crippen LogP contribution in [0.5, 0.6) is 0 Å². The van der Waals surface area contributed by atoms with Gasteiger partial charge in [0.05, 0.1) is 6.04 Å². The number of nitrogens with one attached hydrogen (secondary N) is 1. The van der Waals surface area contributed by atoms with Crippen molar-refractivity contribution in [2.45, 2.75) is 25.8 Å². The lowest BCUT2D eigenvalue weighted by atomic mass is 10.1. The Bertz CT molecular complexity index is 499. The molecule has 0 saturated carbocycles. The van der Waals surface area contributed by atoms with E-state index >= 15 is 0 Å². The Morgan fingerprint density at radius 3 is 2.89 bits per heavy atom. The molecule has 1 atom stereocenters. The number of aromatic nitrogens is 1. The van der Waals surface area contributed by atoms with Gasteiger partial charge >= 0.3 is 0 Å². The minimum absolute atomic E-state index is 0.224. The Balaban J connectivity index is 2.02. The van der Waals surface area contributed by atoms with Gasteiger partial charge in [-0.15, -0.1) is 0 Å². The number of benzene rings is 1. The van der Waals surface area contributed by atoms with Crippen molar-refractivity contribution in [2.24, 2.45) is 0 Å². The molecule has 1 aromatic carbocycles. The molecule has 0 fully saturated rings. The van der Waals surface area contributed by atoms with Crippen LogP contribution in [-0.2, 0) is 6.42 Å². The molecule has 2 N–H and O–H groups in total. The van der Waals surface area contributed by atoms with Crippen molar-refractivity contribution in [2.75, 3.05) is 11.9 Å². The van der Waals surface area contributed by atoms with Crippen LogP contribution in [0.4, 0.5) is 5.69 Å². The highest BCUT2D eigenvalue weighted by Gasteiger charge is 2.05. The zero-order valence-corrected chi connectivity index (χ0v) is 11.2. The number of aliphatic hydroxyl groups is 1. The number of aliphatic hydroxyl groups excluding tert-OH is 1. The minimum Gasteiger partial charge on any atom is -0.396 e. The highest BCUT2D eigenvalue weighted by molar-refractivity contribution is 5.47. The lowest BCUT2D eigenvalue weighted by molar-refractivity contribution is 0.288. The standard InChI is InChI=1S/C16H20N2O/c1-13(15-7-3-9-17-12-15)18-16-8-2-5-14(11-16)6-4-10-19/h2-3,5,7-9,11-13,18-19H,4,6,10H2,1H3. The van der Waals surface area contributed by atoms with E-state index in [2.05, 4.69) is 41.5 Å². The zero-order chi connectivity index (χ0) is 13.5. The third kappa shape index (κ3) is 4.07. The predicted molar refractivity (Wildman–Crippen MR) is 78.1 cm³/mol. The molecule has 19 heavy (non-hydrogen) atoms. The molecule has 0 bridgehead atoms. The van der Waals surface area contributed by atoms with Gasteiger partial charge in [0.25, 0.3) is 0 Å². The van der Waals surface area contributed by atoms with Gasteiger partial charge in [0.15, 0.2) is 0 Å². The average molecular weight is 256 g/mol. The van der Waals surface area contributed by atoms with Crippen LogP contribution in [0.1, 0.15) is 30.5 Å². The van der Waals surface area contributed by atoms with Gasteiger partial charge in [0.1, 0.15) is 0 Å². The van der Waals surface area contributed by atoms with Crippen molar-refractivity contribution in [3.05, 3.63) is 59.9 Å². The summed E-state index contributed by atoms with van der Waals surface area (Å²) < 4.78 is 0. The quantitative estimate of drug-likeness (QED) is 0.834. The largest absolute Gasteiger partial charge is 0.396 e. The van der Waals surface area contributed by atoms with Gasteiger partial charge < -0.3 is 10.4 Å². The van der Waals surface area contributed by atoms with Crippen LogP contribution in [0, 0.1) is 0 Å². The molecule has 100 valence electrons. The molecule has 0 aliphatic carbocycles. The summed E-state index contributed by atoms with van der Waals surface area (Å²) in [5.41, 5.74) is 3.52. The van der Waals surface area contributed by atoms with E-state index in [4.69, 9.17) is 5.11 Å². The maximum Gasteiger partial charge on any atom is 0.0500 e. The molecule has 2 aromatic rings. The van der Waals surface area contributed by atoms with Crippen molar-refractivity contribution in [3.63, 3.8) is 0 Å². The number of pyridine rings is 1. The van der Waals surface area contributed by atoms with Gasteiger partial charge in [-0.1, -0.05) is 18.2 Å². The Morgan fingerprint density at radius 2 is 2.16 bits per heavy atom. The molecule has 0 radical (unpaired) electrons. The third-order valence-corrected chi connectivity index (χ3v) is 3.12. The number of hydrogen-bond acceptors (Lipinski definition) is 3. The maximum atomic E-state index is 8.87. The van der Waals surface area contributed by atoms with Crippen LogP contribution in [0.3, 0.4) is 0 Å². The predicted octanol–water partition coefficient (Wildman–Crippen LogP) is 3.18. The molecule has 0 aliphatic rings. The summed E-state index contributed by atoms with van der Waals surface area (Å²) in [5, 5.41) is 12.3. The second-order valence-electron chi connectivity index (χ2n) is 4.68. The van der Waals surface area contributed by atoms with Crippen LogP contribution in [0.2, 0.25) is 0 Å². The zero-order valence-electron chi connectivity index (χ0n) is 11.2. The van der Waals surface area contributed by atoms with E-state index in [0.29, 0.717) is 0 Å². The van der Waals surface area contributed by atoms with Gasteiger partial charge in [-0.3, -0.25) is 4.98 Å².